The second kappa shape index (κ2) is 12.1. The highest BCUT2D eigenvalue weighted by molar-refractivity contribution is 7.92. The van der Waals surface area contributed by atoms with Crippen molar-refractivity contribution in [1.29, 1.82) is 0 Å². The van der Waals surface area contributed by atoms with Crippen LogP contribution < -0.4 is 4.31 Å². The van der Waals surface area contributed by atoms with Crippen molar-refractivity contribution in [1.82, 2.24) is 4.90 Å². The molecule has 0 spiro atoms. The molecule has 0 aromatic heterocycles. The number of nitrogens with zero attached hydrogens (tertiary/aromatic N) is 2. The summed E-state index contributed by atoms with van der Waals surface area (Å²) >= 11 is 6.41. The van der Waals surface area contributed by atoms with Gasteiger partial charge in [0, 0.05) is 5.02 Å². The first-order valence-corrected chi connectivity index (χ1v) is 15.3. The van der Waals surface area contributed by atoms with Crippen LogP contribution in [0.4, 0.5) is 5.69 Å². The number of rotatable bonds is 9. The zero-order valence-corrected chi connectivity index (χ0v) is 24.4. The molecule has 7 heteroatoms. The van der Waals surface area contributed by atoms with Crippen LogP contribution in [-0.4, -0.2) is 38.1 Å². The zero-order chi connectivity index (χ0) is 27.4. The Morgan fingerprint density at radius 2 is 1.61 bits per heavy atom. The van der Waals surface area contributed by atoms with Gasteiger partial charge in [-0.05, 0) is 119 Å². The molecule has 0 unspecified atom stereocenters. The Kier molecular flexibility index (Phi) is 9.07. The lowest BCUT2D eigenvalue weighted by Crippen LogP contribution is -2.33. The van der Waals surface area contributed by atoms with Crippen molar-refractivity contribution in [3.05, 3.63) is 87.4 Å². The van der Waals surface area contributed by atoms with Crippen molar-refractivity contribution in [2.75, 3.05) is 23.9 Å². The van der Waals surface area contributed by atoms with E-state index < -0.39 is 10.0 Å². The number of likely N-dealkylation sites (tertiary alicyclic amines) is 1. The predicted octanol–water partition coefficient (Wildman–Crippen LogP) is 7.03. The fraction of sp³-hybridized carbons (Fsp3) is 0.419. The number of phenolic OH excluding ortho intramolecular Hbond substituents is 1. The summed E-state index contributed by atoms with van der Waals surface area (Å²) in [5.41, 5.74) is 4.86. The molecule has 1 heterocycles. The highest BCUT2D eigenvalue weighted by Gasteiger charge is 2.29. The number of hydrogen-bond donors (Lipinski definition) is 1. The van der Waals surface area contributed by atoms with Gasteiger partial charge in [0.2, 0.25) is 0 Å². The molecular weight excluding hydrogens is 516 g/mol. The van der Waals surface area contributed by atoms with Gasteiger partial charge in [0.1, 0.15) is 5.75 Å². The number of anilines is 1. The quantitative estimate of drug-likeness (QED) is 0.308. The van der Waals surface area contributed by atoms with Gasteiger partial charge in [-0.2, -0.15) is 0 Å². The van der Waals surface area contributed by atoms with E-state index in [2.05, 4.69) is 11.8 Å². The van der Waals surface area contributed by atoms with Crippen LogP contribution in [-0.2, 0) is 23.0 Å². The summed E-state index contributed by atoms with van der Waals surface area (Å²) in [6, 6.07) is 16.3. The van der Waals surface area contributed by atoms with Gasteiger partial charge in [-0.1, -0.05) is 54.4 Å². The number of aromatic hydroxyl groups is 1. The van der Waals surface area contributed by atoms with Crippen molar-refractivity contribution in [3.8, 4) is 5.75 Å². The van der Waals surface area contributed by atoms with Crippen molar-refractivity contribution >= 4 is 27.3 Å². The Bertz CT molecular complexity index is 1340. The minimum absolute atomic E-state index is 0.0433. The standard InChI is InChI=1S/C31H39ClN2O3S/c1-22-13-16-33(17-14-22)15-5-6-26-7-10-28(11-8-26)34(21-27-9-12-29(35)20-30(27)32)38(36,37)31-24(3)18-23(2)19-25(31)4/h7-12,18-20,22,35H,5-6,13-17,21H2,1-4H3. The van der Waals surface area contributed by atoms with Gasteiger partial charge >= 0.3 is 0 Å². The van der Waals surface area contributed by atoms with Crippen molar-refractivity contribution < 1.29 is 13.5 Å². The summed E-state index contributed by atoms with van der Waals surface area (Å²) in [7, 11) is -3.90. The molecule has 4 rings (SSSR count). The van der Waals surface area contributed by atoms with E-state index in [0.29, 0.717) is 32.3 Å². The topological polar surface area (TPSA) is 60.9 Å². The van der Waals surface area contributed by atoms with Crippen LogP contribution in [0.1, 0.15) is 54.0 Å². The molecule has 3 aromatic rings. The maximum atomic E-state index is 14.2. The number of phenols is 1. The lowest BCUT2D eigenvalue weighted by Gasteiger charge is -2.30. The molecule has 1 N–H and O–H groups in total. The Morgan fingerprint density at radius 3 is 2.21 bits per heavy atom. The summed E-state index contributed by atoms with van der Waals surface area (Å²) in [5, 5.41) is 10.1. The molecule has 38 heavy (non-hydrogen) atoms. The maximum Gasteiger partial charge on any atom is 0.265 e. The molecule has 0 aliphatic carbocycles. The van der Waals surface area contributed by atoms with Crippen molar-refractivity contribution in [2.24, 2.45) is 5.92 Å². The van der Waals surface area contributed by atoms with Gasteiger partial charge in [-0.25, -0.2) is 8.42 Å². The van der Waals surface area contributed by atoms with Crippen LogP contribution >= 0.6 is 11.6 Å². The first kappa shape index (κ1) is 28.5. The fourth-order valence-corrected chi connectivity index (χ4v) is 7.53. The second-order valence-electron chi connectivity index (χ2n) is 10.8. The van der Waals surface area contributed by atoms with Gasteiger partial charge in [0.25, 0.3) is 10.0 Å². The monoisotopic (exact) mass is 554 g/mol. The normalized spacial score (nSPS) is 15.1. The van der Waals surface area contributed by atoms with Crippen LogP contribution in [0.5, 0.6) is 5.75 Å². The fourth-order valence-electron chi connectivity index (χ4n) is 5.44. The summed E-state index contributed by atoms with van der Waals surface area (Å²) < 4.78 is 29.7. The third kappa shape index (κ3) is 6.71. The van der Waals surface area contributed by atoms with Gasteiger partial charge in [-0.3, -0.25) is 4.31 Å². The smallest absolute Gasteiger partial charge is 0.265 e. The van der Waals surface area contributed by atoms with E-state index in [9.17, 15) is 13.5 Å². The molecule has 204 valence electrons. The van der Waals surface area contributed by atoms with E-state index in [1.807, 2.05) is 57.2 Å². The largest absolute Gasteiger partial charge is 0.508 e. The molecule has 0 bridgehead atoms. The lowest BCUT2D eigenvalue weighted by atomic mass is 9.99. The Balaban J connectivity index is 1.59. The third-order valence-electron chi connectivity index (χ3n) is 7.54. The number of hydrogen-bond acceptors (Lipinski definition) is 4. The Morgan fingerprint density at radius 1 is 0.974 bits per heavy atom. The SMILES string of the molecule is Cc1cc(C)c(S(=O)(=O)N(Cc2ccc(O)cc2Cl)c2ccc(CCCN3CCC(C)CC3)cc2)c(C)c1. The predicted molar refractivity (Wildman–Crippen MR) is 157 cm³/mol. The second-order valence-corrected chi connectivity index (χ2v) is 13.0. The molecule has 0 saturated carbocycles. The van der Waals surface area contributed by atoms with E-state index in [-0.39, 0.29) is 12.3 Å². The molecule has 0 atom stereocenters. The molecule has 0 amide bonds. The molecule has 1 saturated heterocycles. The van der Waals surface area contributed by atoms with Crippen LogP contribution in [0.3, 0.4) is 0 Å². The van der Waals surface area contributed by atoms with Gasteiger partial charge in [-0.15, -0.1) is 0 Å². The van der Waals surface area contributed by atoms with Gasteiger partial charge < -0.3 is 10.0 Å². The number of piperidine rings is 1. The molecule has 1 aliphatic rings. The first-order valence-electron chi connectivity index (χ1n) is 13.4. The van der Waals surface area contributed by atoms with Gasteiger partial charge in [0.05, 0.1) is 17.1 Å². The van der Waals surface area contributed by atoms with Crippen LogP contribution in [0, 0.1) is 26.7 Å². The zero-order valence-electron chi connectivity index (χ0n) is 22.9. The minimum Gasteiger partial charge on any atom is -0.508 e. The van der Waals surface area contributed by atoms with Crippen LogP contribution in [0.2, 0.25) is 5.02 Å². The summed E-state index contributed by atoms with van der Waals surface area (Å²) in [6.07, 6.45) is 4.60. The average molecular weight is 555 g/mol. The Hall–Kier alpha value is -2.54. The van der Waals surface area contributed by atoms with Crippen LogP contribution in [0.25, 0.3) is 0 Å². The summed E-state index contributed by atoms with van der Waals surface area (Å²) in [5.74, 6) is 0.878. The highest BCUT2D eigenvalue weighted by atomic mass is 35.5. The van der Waals surface area contributed by atoms with Gasteiger partial charge in [0.15, 0.2) is 0 Å². The highest BCUT2D eigenvalue weighted by Crippen LogP contribution is 2.33. The number of aryl methyl sites for hydroxylation is 4. The maximum absolute atomic E-state index is 14.2. The average Bonchev–Trinajstić information content (AvgIpc) is 2.84. The Labute approximate surface area is 233 Å². The van der Waals surface area contributed by atoms with E-state index in [4.69, 9.17) is 11.6 Å². The van der Waals surface area contributed by atoms with Crippen LogP contribution in [0.15, 0.2) is 59.5 Å². The molecule has 1 aliphatic heterocycles. The minimum atomic E-state index is -3.90. The molecule has 0 radical (unpaired) electrons. The van der Waals surface area contributed by atoms with E-state index in [1.54, 1.807) is 6.07 Å². The number of halogens is 1. The molecule has 3 aromatic carbocycles. The molecular formula is C31H39ClN2O3S. The van der Waals surface area contributed by atoms with E-state index in [1.165, 1.54) is 47.9 Å². The number of sulfonamides is 1. The van der Waals surface area contributed by atoms with Crippen molar-refractivity contribution in [3.63, 3.8) is 0 Å². The number of benzene rings is 3. The summed E-state index contributed by atoms with van der Waals surface area (Å²) in [4.78, 5) is 2.87. The lowest BCUT2D eigenvalue weighted by molar-refractivity contribution is 0.191. The molecule has 1 fully saturated rings. The molecule has 5 nitrogen and oxygen atoms in total. The van der Waals surface area contributed by atoms with Crippen molar-refractivity contribution in [2.45, 2.75) is 64.8 Å². The first-order chi connectivity index (χ1) is 18.0. The van der Waals surface area contributed by atoms with E-state index >= 15 is 0 Å². The van der Waals surface area contributed by atoms with E-state index in [0.717, 1.165) is 30.9 Å². The third-order valence-corrected chi connectivity index (χ3v) is 9.98. The summed E-state index contributed by atoms with van der Waals surface area (Å²) in [6.45, 7) is 11.5.